The molecule has 1 aliphatic rings. The highest BCUT2D eigenvalue weighted by Crippen LogP contribution is 2.35. The third-order valence-electron chi connectivity index (χ3n) is 4.84. The highest BCUT2D eigenvalue weighted by Gasteiger charge is 2.21. The molecule has 1 N–H and O–H groups in total. The van der Waals surface area contributed by atoms with Crippen molar-refractivity contribution in [1.82, 2.24) is 15.1 Å². The fourth-order valence-electron chi connectivity index (χ4n) is 3.22. The fourth-order valence-corrected chi connectivity index (χ4v) is 4.62. The standard InChI is InChI=1S/C21H26ClN3O3S/c1-28-14-4-9-23-19(26)15-24-10-12-25(13-11-24)20(27)8-7-18-21(22)16-5-2-3-6-17(16)29-18/h2-3,5-8H,4,9-15H2,1H3,(H,23,26)/b8-7+. The lowest BCUT2D eigenvalue weighted by atomic mass is 10.2. The number of halogens is 1. The molecule has 0 spiro atoms. The summed E-state index contributed by atoms with van der Waals surface area (Å²) < 4.78 is 6.08. The molecule has 1 aromatic heterocycles. The molecular formula is C21H26ClN3O3S. The molecule has 0 unspecified atom stereocenters. The summed E-state index contributed by atoms with van der Waals surface area (Å²) >= 11 is 8.01. The average Bonchev–Trinajstić information content (AvgIpc) is 3.06. The number of benzene rings is 1. The van der Waals surface area contributed by atoms with Crippen molar-refractivity contribution >= 4 is 50.9 Å². The maximum absolute atomic E-state index is 12.5. The van der Waals surface area contributed by atoms with Crippen molar-refractivity contribution in [3.8, 4) is 0 Å². The third kappa shape index (κ3) is 6.02. The Balaban J connectivity index is 1.45. The minimum absolute atomic E-state index is 0.0141. The fraction of sp³-hybridized carbons (Fsp3) is 0.429. The summed E-state index contributed by atoms with van der Waals surface area (Å²) in [5.74, 6) is -0.0117. The number of hydrogen-bond donors (Lipinski definition) is 1. The number of thiophene rings is 1. The van der Waals surface area contributed by atoms with Crippen molar-refractivity contribution in [3.05, 3.63) is 40.2 Å². The Labute approximate surface area is 180 Å². The number of hydrogen-bond acceptors (Lipinski definition) is 5. The number of methoxy groups -OCH3 is 1. The van der Waals surface area contributed by atoms with Crippen molar-refractivity contribution in [3.63, 3.8) is 0 Å². The molecule has 2 aromatic rings. The molecule has 29 heavy (non-hydrogen) atoms. The van der Waals surface area contributed by atoms with Crippen molar-refractivity contribution in [1.29, 1.82) is 0 Å². The summed E-state index contributed by atoms with van der Waals surface area (Å²) in [5.41, 5.74) is 0. The predicted molar refractivity (Wildman–Crippen MR) is 118 cm³/mol. The van der Waals surface area contributed by atoms with Gasteiger partial charge in [-0.2, -0.15) is 0 Å². The first kappa shape index (κ1) is 21.8. The van der Waals surface area contributed by atoms with Crippen LogP contribution in [0.4, 0.5) is 0 Å². The molecule has 2 amide bonds. The second-order valence-electron chi connectivity index (χ2n) is 6.91. The average molecular weight is 436 g/mol. The molecule has 0 aliphatic carbocycles. The first-order valence-electron chi connectivity index (χ1n) is 9.70. The van der Waals surface area contributed by atoms with Gasteiger partial charge in [-0.15, -0.1) is 11.3 Å². The van der Waals surface area contributed by atoms with Gasteiger partial charge in [0.25, 0.3) is 0 Å². The Kier molecular flexibility index (Phi) is 8.06. The number of piperazine rings is 1. The number of nitrogens with one attached hydrogen (secondary N) is 1. The number of amides is 2. The van der Waals surface area contributed by atoms with Gasteiger partial charge in [0, 0.05) is 67.5 Å². The van der Waals surface area contributed by atoms with E-state index in [0.717, 1.165) is 21.4 Å². The molecule has 0 saturated carbocycles. The van der Waals surface area contributed by atoms with Crippen molar-refractivity contribution in [2.24, 2.45) is 0 Å². The van der Waals surface area contributed by atoms with Crippen LogP contribution in [0.15, 0.2) is 30.3 Å². The van der Waals surface area contributed by atoms with E-state index in [4.69, 9.17) is 16.3 Å². The Hall–Kier alpha value is -1.93. The quantitative estimate of drug-likeness (QED) is 0.511. The van der Waals surface area contributed by atoms with Gasteiger partial charge >= 0.3 is 0 Å². The van der Waals surface area contributed by atoms with Crippen LogP contribution in [0.2, 0.25) is 5.02 Å². The molecule has 0 atom stereocenters. The maximum Gasteiger partial charge on any atom is 0.246 e. The normalized spacial score (nSPS) is 15.3. The van der Waals surface area contributed by atoms with E-state index in [9.17, 15) is 9.59 Å². The van der Waals surface area contributed by atoms with Crippen LogP contribution in [0.3, 0.4) is 0 Å². The van der Waals surface area contributed by atoms with Gasteiger partial charge < -0.3 is 15.0 Å². The van der Waals surface area contributed by atoms with Gasteiger partial charge in [0.15, 0.2) is 0 Å². The van der Waals surface area contributed by atoms with Crippen LogP contribution < -0.4 is 5.32 Å². The lowest BCUT2D eigenvalue weighted by Gasteiger charge is -2.33. The maximum atomic E-state index is 12.5. The molecule has 0 bridgehead atoms. The zero-order valence-corrected chi connectivity index (χ0v) is 18.1. The molecule has 1 aliphatic heterocycles. The van der Waals surface area contributed by atoms with Gasteiger partial charge in [0.1, 0.15) is 0 Å². The number of nitrogens with zero attached hydrogens (tertiary/aromatic N) is 2. The largest absolute Gasteiger partial charge is 0.385 e. The van der Waals surface area contributed by atoms with Gasteiger partial charge in [-0.1, -0.05) is 29.8 Å². The van der Waals surface area contributed by atoms with Gasteiger partial charge in [-0.05, 0) is 18.6 Å². The van der Waals surface area contributed by atoms with Crippen LogP contribution in [-0.2, 0) is 14.3 Å². The van der Waals surface area contributed by atoms with E-state index < -0.39 is 0 Å². The Morgan fingerprint density at radius 1 is 1.24 bits per heavy atom. The van der Waals surface area contributed by atoms with Crippen molar-refractivity contribution in [2.75, 3.05) is 53.0 Å². The summed E-state index contributed by atoms with van der Waals surface area (Å²) in [6.07, 6.45) is 4.20. The highest BCUT2D eigenvalue weighted by atomic mass is 35.5. The molecule has 0 radical (unpaired) electrons. The summed E-state index contributed by atoms with van der Waals surface area (Å²) in [4.78, 5) is 29.3. The zero-order valence-electron chi connectivity index (χ0n) is 16.5. The van der Waals surface area contributed by atoms with Gasteiger partial charge in [-0.3, -0.25) is 14.5 Å². The third-order valence-corrected chi connectivity index (χ3v) is 6.49. The van der Waals surface area contributed by atoms with Crippen LogP contribution in [0.5, 0.6) is 0 Å². The van der Waals surface area contributed by atoms with Gasteiger partial charge in [0.2, 0.25) is 11.8 Å². The number of ether oxygens (including phenoxy) is 1. The molecule has 2 heterocycles. The summed E-state index contributed by atoms with van der Waals surface area (Å²) in [5, 5.41) is 4.59. The van der Waals surface area contributed by atoms with Crippen LogP contribution in [0.25, 0.3) is 16.2 Å². The molecule has 6 nitrogen and oxygen atoms in total. The monoisotopic (exact) mass is 435 g/mol. The minimum Gasteiger partial charge on any atom is -0.385 e. The highest BCUT2D eigenvalue weighted by molar-refractivity contribution is 7.20. The predicted octanol–water partition coefficient (Wildman–Crippen LogP) is 2.86. The Bertz CT molecular complexity index is 875. The van der Waals surface area contributed by atoms with Crippen LogP contribution in [-0.4, -0.2) is 74.6 Å². The smallest absolute Gasteiger partial charge is 0.246 e. The first-order chi connectivity index (χ1) is 14.1. The number of fused-ring (bicyclic) bond motifs is 1. The topological polar surface area (TPSA) is 61.9 Å². The van der Waals surface area contributed by atoms with Crippen LogP contribution in [0.1, 0.15) is 11.3 Å². The molecular weight excluding hydrogens is 410 g/mol. The zero-order chi connectivity index (χ0) is 20.6. The van der Waals surface area contributed by atoms with E-state index in [1.165, 1.54) is 0 Å². The van der Waals surface area contributed by atoms with Crippen molar-refractivity contribution < 1.29 is 14.3 Å². The summed E-state index contributed by atoms with van der Waals surface area (Å²) in [7, 11) is 1.65. The molecule has 1 aromatic carbocycles. The van der Waals surface area contributed by atoms with E-state index in [-0.39, 0.29) is 11.8 Å². The summed E-state index contributed by atoms with van der Waals surface area (Å²) in [6.45, 7) is 4.23. The van der Waals surface area contributed by atoms with E-state index in [1.807, 2.05) is 29.2 Å². The summed E-state index contributed by atoms with van der Waals surface area (Å²) in [6, 6.07) is 7.95. The SMILES string of the molecule is COCCCNC(=O)CN1CCN(C(=O)/C=C/c2sc3ccccc3c2Cl)CC1. The first-order valence-corrected chi connectivity index (χ1v) is 10.9. The number of rotatable bonds is 8. The van der Waals surface area contributed by atoms with Gasteiger partial charge in [-0.25, -0.2) is 0 Å². The van der Waals surface area contributed by atoms with E-state index >= 15 is 0 Å². The molecule has 8 heteroatoms. The second kappa shape index (κ2) is 10.7. The molecule has 1 saturated heterocycles. The lowest BCUT2D eigenvalue weighted by molar-refractivity contribution is -0.128. The van der Waals surface area contributed by atoms with E-state index in [0.29, 0.717) is 50.9 Å². The second-order valence-corrected chi connectivity index (χ2v) is 8.37. The van der Waals surface area contributed by atoms with E-state index in [1.54, 1.807) is 30.6 Å². The molecule has 156 valence electrons. The minimum atomic E-state index is -0.0258. The molecule has 3 rings (SSSR count). The van der Waals surface area contributed by atoms with Crippen molar-refractivity contribution in [2.45, 2.75) is 6.42 Å². The van der Waals surface area contributed by atoms with Crippen LogP contribution >= 0.6 is 22.9 Å². The number of carbonyl (C=O) groups excluding carboxylic acids is 2. The van der Waals surface area contributed by atoms with Gasteiger partial charge in [0.05, 0.1) is 11.6 Å². The Morgan fingerprint density at radius 3 is 2.72 bits per heavy atom. The number of carbonyl (C=O) groups is 2. The van der Waals surface area contributed by atoms with E-state index in [2.05, 4.69) is 10.2 Å². The Morgan fingerprint density at radius 2 is 2.00 bits per heavy atom. The van der Waals surface area contributed by atoms with Crippen LogP contribution in [0, 0.1) is 0 Å². The lowest BCUT2D eigenvalue weighted by Crippen LogP contribution is -2.50. The molecule has 1 fully saturated rings.